The van der Waals surface area contributed by atoms with Gasteiger partial charge in [-0.3, -0.25) is 9.69 Å². The Balaban J connectivity index is 1.47. The molecule has 5 heterocycles. The van der Waals surface area contributed by atoms with E-state index in [0.29, 0.717) is 24.5 Å². The zero-order valence-corrected chi connectivity index (χ0v) is 16.0. The van der Waals surface area contributed by atoms with Gasteiger partial charge in [0, 0.05) is 24.8 Å². The first kappa shape index (κ1) is 17.7. The van der Waals surface area contributed by atoms with Crippen LogP contribution in [0.1, 0.15) is 29.6 Å². The molecule has 0 unspecified atom stereocenters. The van der Waals surface area contributed by atoms with Crippen molar-refractivity contribution >= 4 is 23.3 Å². The predicted molar refractivity (Wildman–Crippen MR) is 107 cm³/mol. The summed E-state index contributed by atoms with van der Waals surface area (Å²) in [6.45, 7) is 2.49. The summed E-state index contributed by atoms with van der Waals surface area (Å²) in [6, 6.07) is 9.47. The first-order valence-electron chi connectivity index (χ1n) is 9.89. The lowest BCUT2D eigenvalue weighted by atomic mass is 10.1. The summed E-state index contributed by atoms with van der Waals surface area (Å²) in [6.07, 6.45) is 6.28. The molecule has 0 aliphatic carbocycles. The molecule has 3 aromatic heterocycles. The van der Waals surface area contributed by atoms with Crippen molar-refractivity contribution in [3.63, 3.8) is 0 Å². The largest absolute Gasteiger partial charge is 0.447 e. The molecular formula is C21H21N5O3. The van der Waals surface area contributed by atoms with E-state index in [2.05, 4.69) is 10.1 Å². The van der Waals surface area contributed by atoms with Crippen molar-refractivity contribution in [2.45, 2.75) is 19.3 Å². The number of hydrogen-bond donors (Lipinski definition) is 0. The summed E-state index contributed by atoms with van der Waals surface area (Å²) in [5, 5.41) is 4.48. The molecule has 5 rings (SSSR count). The average molecular weight is 391 g/mol. The SMILES string of the molecule is O=C(c1cnn2c(-c3ccc(N4CCOC4=O)nc3)cccc12)N1CCCCC1. The highest BCUT2D eigenvalue weighted by Crippen LogP contribution is 2.25. The van der Waals surface area contributed by atoms with E-state index in [1.54, 1.807) is 23.0 Å². The van der Waals surface area contributed by atoms with Crippen LogP contribution in [0.3, 0.4) is 0 Å². The number of nitrogens with zero attached hydrogens (tertiary/aromatic N) is 5. The number of piperidine rings is 1. The number of fused-ring (bicyclic) bond motifs is 1. The highest BCUT2D eigenvalue weighted by Gasteiger charge is 2.25. The number of hydrogen-bond acceptors (Lipinski definition) is 5. The first-order chi connectivity index (χ1) is 14.2. The summed E-state index contributed by atoms with van der Waals surface area (Å²) >= 11 is 0. The summed E-state index contributed by atoms with van der Waals surface area (Å²) in [5.74, 6) is 0.600. The molecule has 148 valence electrons. The monoisotopic (exact) mass is 391 g/mol. The second kappa shape index (κ2) is 7.20. The fourth-order valence-corrected chi connectivity index (χ4v) is 3.96. The molecule has 0 N–H and O–H groups in total. The van der Waals surface area contributed by atoms with Gasteiger partial charge in [-0.2, -0.15) is 5.10 Å². The van der Waals surface area contributed by atoms with Crippen molar-refractivity contribution in [1.82, 2.24) is 19.5 Å². The Kier molecular flexibility index (Phi) is 4.38. The van der Waals surface area contributed by atoms with Crippen molar-refractivity contribution < 1.29 is 14.3 Å². The topological polar surface area (TPSA) is 80.0 Å². The molecular weight excluding hydrogens is 370 g/mol. The van der Waals surface area contributed by atoms with E-state index in [9.17, 15) is 9.59 Å². The third-order valence-corrected chi connectivity index (χ3v) is 5.50. The molecule has 2 aliphatic rings. The van der Waals surface area contributed by atoms with Gasteiger partial charge in [0.15, 0.2) is 0 Å². The van der Waals surface area contributed by atoms with Crippen LogP contribution in [0.2, 0.25) is 0 Å². The molecule has 2 saturated heterocycles. The van der Waals surface area contributed by atoms with Crippen molar-refractivity contribution in [3.05, 3.63) is 48.3 Å². The smallest absolute Gasteiger partial charge is 0.415 e. The van der Waals surface area contributed by atoms with Gasteiger partial charge in [0.25, 0.3) is 5.91 Å². The minimum absolute atomic E-state index is 0.0397. The van der Waals surface area contributed by atoms with Crippen molar-refractivity contribution in [2.24, 2.45) is 0 Å². The van der Waals surface area contributed by atoms with Crippen molar-refractivity contribution in [3.8, 4) is 11.3 Å². The van der Waals surface area contributed by atoms with Crippen LogP contribution in [0, 0.1) is 0 Å². The Bertz CT molecular complexity index is 1070. The number of ether oxygens (including phenoxy) is 1. The van der Waals surface area contributed by atoms with Gasteiger partial charge < -0.3 is 9.64 Å². The molecule has 2 aliphatic heterocycles. The van der Waals surface area contributed by atoms with Crippen LogP contribution in [0.25, 0.3) is 16.8 Å². The fraction of sp³-hybridized carbons (Fsp3) is 0.333. The normalized spacial score (nSPS) is 17.0. The van der Waals surface area contributed by atoms with Crippen LogP contribution in [-0.2, 0) is 4.74 Å². The van der Waals surface area contributed by atoms with E-state index < -0.39 is 0 Å². The Hall–Kier alpha value is -3.42. The number of carbonyl (C=O) groups is 2. The van der Waals surface area contributed by atoms with E-state index in [0.717, 1.165) is 42.7 Å². The van der Waals surface area contributed by atoms with Gasteiger partial charge in [-0.15, -0.1) is 0 Å². The summed E-state index contributed by atoms with van der Waals surface area (Å²) in [7, 11) is 0. The maximum Gasteiger partial charge on any atom is 0.415 e. The number of rotatable bonds is 3. The van der Waals surface area contributed by atoms with Gasteiger partial charge in [-0.05, 0) is 43.5 Å². The summed E-state index contributed by atoms with van der Waals surface area (Å²) < 4.78 is 6.74. The second-order valence-corrected chi connectivity index (χ2v) is 7.29. The first-order valence-corrected chi connectivity index (χ1v) is 9.89. The van der Waals surface area contributed by atoms with Crippen LogP contribution >= 0.6 is 0 Å². The van der Waals surface area contributed by atoms with Crippen LogP contribution in [-0.4, -0.2) is 57.7 Å². The zero-order valence-electron chi connectivity index (χ0n) is 16.0. The molecule has 0 atom stereocenters. The van der Waals surface area contributed by atoms with Gasteiger partial charge in [0.05, 0.1) is 29.5 Å². The fourth-order valence-electron chi connectivity index (χ4n) is 3.96. The van der Waals surface area contributed by atoms with Crippen LogP contribution in [0.4, 0.5) is 10.6 Å². The number of amides is 2. The third kappa shape index (κ3) is 3.10. The third-order valence-electron chi connectivity index (χ3n) is 5.50. The van der Waals surface area contributed by atoms with Gasteiger partial charge in [0.2, 0.25) is 0 Å². The van der Waals surface area contributed by atoms with Gasteiger partial charge in [-0.1, -0.05) is 6.07 Å². The number of aromatic nitrogens is 3. The minimum Gasteiger partial charge on any atom is -0.447 e. The second-order valence-electron chi connectivity index (χ2n) is 7.29. The Morgan fingerprint density at radius 3 is 2.59 bits per heavy atom. The van der Waals surface area contributed by atoms with E-state index >= 15 is 0 Å². The number of cyclic esters (lactones) is 1. The van der Waals surface area contributed by atoms with Crippen molar-refractivity contribution in [1.29, 1.82) is 0 Å². The number of carbonyl (C=O) groups excluding carboxylic acids is 2. The van der Waals surface area contributed by atoms with E-state index in [1.165, 1.54) is 11.3 Å². The lowest BCUT2D eigenvalue weighted by Gasteiger charge is -2.26. The van der Waals surface area contributed by atoms with E-state index in [1.807, 2.05) is 29.2 Å². The van der Waals surface area contributed by atoms with E-state index in [-0.39, 0.29) is 12.0 Å². The van der Waals surface area contributed by atoms with Gasteiger partial charge in [0.1, 0.15) is 12.4 Å². The molecule has 0 bridgehead atoms. The molecule has 3 aromatic rings. The quantitative estimate of drug-likeness (QED) is 0.686. The molecule has 2 fully saturated rings. The van der Waals surface area contributed by atoms with Crippen LogP contribution in [0.5, 0.6) is 0 Å². The molecule has 0 saturated carbocycles. The lowest BCUT2D eigenvalue weighted by molar-refractivity contribution is 0.0726. The molecule has 0 spiro atoms. The maximum atomic E-state index is 13.0. The molecule has 29 heavy (non-hydrogen) atoms. The highest BCUT2D eigenvalue weighted by atomic mass is 16.6. The number of likely N-dealkylation sites (tertiary alicyclic amines) is 1. The van der Waals surface area contributed by atoms with E-state index in [4.69, 9.17) is 4.74 Å². The molecule has 0 aromatic carbocycles. The highest BCUT2D eigenvalue weighted by molar-refractivity contribution is 6.01. The summed E-state index contributed by atoms with van der Waals surface area (Å²) in [5.41, 5.74) is 3.10. The average Bonchev–Trinajstić information content (AvgIpc) is 3.40. The maximum absolute atomic E-state index is 13.0. The van der Waals surface area contributed by atoms with Crippen molar-refractivity contribution in [2.75, 3.05) is 31.1 Å². The standard InChI is InChI=1S/C21H21N5O3/c27-20(24-9-2-1-3-10-24)16-14-23-26-17(5-4-6-18(16)26)15-7-8-19(22-13-15)25-11-12-29-21(25)28/h4-8,13-14H,1-3,9-12H2. The molecule has 8 nitrogen and oxygen atoms in total. The minimum atomic E-state index is -0.375. The number of anilines is 1. The van der Waals surface area contributed by atoms with Gasteiger partial charge >= 0.3 is 6.09 Å². The number of pyridine rings is 2. The van der Waals surface area contributed by atoms with Crippen LogP contribution < -0.4 is 4.90 Å². The lowest BCUT2D eigenvalue weighted by Crippen LogP contribution is -2.35. The molecule has 2 amide bonds. The molecule has 8 heteroatoms. The van der Waals surface area contributed by atoms with Crippen LogP contribution in [0.15, 0.2) is 42.7 Å². The summed E-state index contributed by atoms with van der Waals surface area (Å²) in [4.78, 5) is 32.5. The predicted octanol–water partition coefficient (Wildman–Crippen LogP) is 2.98. The Labute approximate surface area is 167 Å². The van der Waals surface area contributed by atoms with Gasteiger partial charge in [-0.25, -0.2) is 14.3 Å². The zero-order chi connectivity index (χ0) is 19.8. The Morgan fingerprint density at radius 1 is 1.00 bits per heavy atom. The molecule has 0 radical (unpaired) electrons. The Morgan fingerprint density at radius 2 is 1.86 bits per heavy atom.